The summed E-state index contributed by atoms with van der Waals surface area (Å²) in [4.78, 5) is 29.2. The highest BCUT2D eigenvalue weighted by atomic mass is 19.1. The van der Waals surface area contributed by atoms with E-state index in [0.717, 1.165) is 11.3 Å². The lowest BCUT2D eigenvalue weighted by molar-refractivity contribution is -0.133. The van der Waals surface area contributed by atoms with Crippen molar-refractivity contribution in [2.75, 3.05) is 11.9 Å². The average molecular weight is 438 g/mol. The third-order valence-electron chi connectivity index (χ3n) is 4.98. The van der Waals surface area contributed by atoms with Crippen molar-refractivity contribution < 1.29 is 18.4 Å². The van der Waals surface area contributed by atoms with E-state index in [-0.39, 0.29) is 18.5 Å². The van der Waals surface area contributed by atoms with Crippen molar-refractivity contribution in [3.05, 3.63) is 89.6 Å². The van der Waals surface area contributed by atoms with Crippen molar-refractivity contribution in [3.63, 3.8) is 0 Å². The first-order chi connectivity index (χ1) is 15.3. The molecule has 3 amide bonds. The number of anilines is 1. The van der Waals surface area contributed by atoms with Crippen LogP contribution in [0.3, 0.4) is 0 Å². The number of benzene rings is 2. The molecule has 0 saturated carbocycles. The maximum absolute atomic E-state index is 13.5. The zero-order chi connectivity index (χ0) is 23.1. The molecule has 0 unspecified atom stereocenters. The third kappa shape index (κ3) is 6.44. The predicted octanol–water partition coefficient (Wildman–Crippen LogP) is 5.20. The van der Waals surface area contributed by atoms with Gasteiger partial charge in [-0.05, 0) is 56.7 Å². The van der Waals surface area contributed by atoms with E-state index in [1.807, 2.05) is 63.2 Å². The molecule has 0 aliphatic rings. The van der Waals surface area contributed by atoms with E-state index in [0.29, 0.717) is 24.5 Å². The smallest absolute Gasteiger partial charge is 0.322 e. The molecule has 0 saturated heterocycles. The molecular formula is C25H28FN3O3. The molecule has 1 N–H and O–H groups in total. The van der Waals surface area contributed by atoms with Gasteiger partial charge in [0.1, 0.15) is 23.9 Å². The third-order valence-corrected chi connectivity index (χ3v) is 4.98. The van der Waals surface area contributed by atoms with Gasteiger partial charge < -0.3 is 19.5 Å². The van der Waals surface area contributed by atoms with Crippen LogP contribution in [0, 0.1) is 12.7 Å². The molecule has 0 aliphatic heterocycles. The van der Waals surface area contributed by atoms with E-state index in [1.54, 1.807) is 11.0 Å². The van der Waals surface area contributed by atoms with Gasteiger partial charge in [0.15, 0.2) is 0 Å². The summed E-state index contributed by atoms with van der Waals surface area (Å²) in [5.41, 5.74) is 1.31. The van der Waals surface area contributed by atoms with E-state index < -0.39 is 11.8 Å². The number of aryl methyl sites for hydroxylation is 1. The molecule has 7 heteroatoms. The van der Waals surface area contributed by atoms with E-state index in [9.17, 15) is 14.0 Å². The SMILES string of the molecule is Cc1ccc(CN(Cc2ccccc2)C(=O)CN(C(=O)Nc2cccc(F)c2)C(C)C)o1. The summed E-state index contributed by atoms with van der Waals surface area (Å²) in [6.45, 7) is 6.07. The van der Waals surface area contributed by atoms with Crippen LogP contribution in [-0.4, -0.2) is 34.3 Å². The lowest BCUT2D eigenvalue weighted by atomic mass is 10.2. The lowest BCUT2D eigenvalue weighted by Crippen LogP contribution is -2.47. The number of rotatable bonds is 8. The Morgan fingerprint density at radius 1 is 1.00 bits per heavy atom. The fourth-order valence-electron chi connectivity index (χ4n) is 3.29. The summed E-state index contributed by atoms with van der Waals surface area (Å²) >= 11 is 0. The fraction of sp³-hybridized carbons (Fsp3) is 0.280. The zero-order valence-corrected chi connectivity index (χ0v) is 18.5. The summed E-state index contributed by atoms with van der Waals surface area (Å²) in [5.74, 6) is 0.779. The first-order valence-corrected chi connectivity index (χ1v) is 10.5. The largest absolute Gasteiger partial charge is 0.464 e. The number of urea groups is 1. The fourth-order valence-corrected chi connectivity index (χ4v) is 3.29. The molecule has 3 rings (SSSR count). The quantitative estimate of drug-likeness (QED) is 0.527. The molecule has 3 aromatic rings. The van der Waals surface area contributed by atoms with Gasteiger partial charge in [-0.3, -0.25) is 4.79 Å². The Labute approximate surface area is 187 Å². The molecule has 1 heterocycles. The molecule has 168 valence electrons. The monoisotopic (exact) mass is 437 g/mol. The predicted molar refractivity (Wildman–Crippen MR) is 121 cm³/mol. The molecule has 0 atom stereocenters. The van der Waals surface area contributed by atoms with Gasteiger partial charge in [0.25, 0.3) is 0 Å². The summed E-state index contributed by atoms with van der Waals surface area (Å²) in [7, 11) is 0. The average Bonchev–Trinajstić information content (AvgIpc) is 3.16. The highest BCUT2D eigenvalue weighted by molar-refractivity contribution is 5.92. The zero-order valence-electron chi connectivity index (χ0n) is 18.5. The Balaban J connectivity index is 1.75. The van der Waals surface area contributed by atoms with Crippen molar-refractivity contribution in [2.24, 2.45) is 0 Å². The summed E-state index contributed by atoms with van der Waals surface area (Å²) in [6.07, 6.45) is 0. The van der Waals surface area contributed by atoms with Gasteiger partial charge in [-0.2, -0.15) is 0 Å². The summed E-state index contributed by atoms with van der Waals surface area (Å²) < 4.78 is 19.1. The van der Waals surface area contributed by atoms with Crippen LogP contribution in [0.15, 0.2) is 71.1 Å². The second-order valence-corrected chi connectivity index (χ2v) is 7.91. The number of halogens is 1. The van der Waals surface area contributed by atoms with Crippen LogP contribution < -0.4 is 5.32 Å². The summed E-state index contributed by atoms with van der Waals surface area (Å²) in [5, 5.41) is 2.67. The van der Waals surface area contributed by atoms with Gasteiger partial charge in [-0.1, -0.05) is 36.4 Å². The van der Waals surface area contributed by atoms with E-state index in [2.05, 4.69) is 5.32 Å². The maximum Gasteiger partial charge on any atom is 0.322 e. The van der Waals surface area contributed by atoms with Crippen molar-refractivity contribution in [1.29, 1.82) is 0 Å². The molecule has 0 fully saturated rings. The van der Waals surface area contributed by atoms with Crippen LogP contribution in [0.1, 0.15) is 30.9 Å². The van der Waals surface area contributed by atoms with Gasteiger partial charge in [-0.25, -0.2) is 9.18 Å². The van der Waals surface area contributed by atoms with E-state index in [1.165, 1.54) is 23.1 Å². The number of amides is 3. The van der Waals surface area contributed by atoms with Gasteiger partial charge in [0.05, 0.1) is 6.54 Å². The number of hydrogen-bond donors (Lipinski definition) is 1. The first kappa shape index (κ1) is 23.1. The highest BCUT2D eigenvalue weighted by Crippen LogP contribution is 2.15. The Hall–Kier alpha value is -3.61. The van der Waals surface area contributed by atoms with E-state index >= 15 is 0 Å². The van der Waals surface area contributed by atoms with Crippen LogP contribution in [0.2, 0.25) is 0 Å². The minimum Gasteiger partial charge on any atom is -0.464 e. The number of furan rings is 1. The molecule has 32 heavy (non-hydrogen) atoms. The van der Waals surface area contributed by atoms with Crippen LogP contribution in [0.4, 0.5) is 14.9 Å². The standard InChI is InChI=1S/C25H28FN3O3/c1-18(2)29(25(31)27-22-11-7-10-21(26)14-22)17-24(30)28(15-20-8-5-4-6-9-20)16-23-13-12-19(3)32-23/h4-14,18H,15-17H2,1-3H3,(H,27,31). The van der Waals surface area contributed by atoms with Gasteiger partial charge in [-0.15, -0.1) is 0 Å². The second kappa shape index (κ2) is 10.6. The molecule has 2 aromatic carbocycles. The maximum atomic E-state index is 13.5. The minimum absolute atomic E-state index is 0.120. The Kier molecular flexibility index (Phi) is 7.65. The molecule has 0 aliphatic carbocycles. The van der Waals surface area contributed by atoms with Crippen LogP contribution in [0.25, 0.3) is 0 Å². The van der Waals surface area contributed by atoms with Gasteiger partial charge in [0.2, 0.25) is 5.91 Å². The van der Waals surface area contributed by atoms with E-state index in [4.69, 9.17) is 4.42 Å². The Morgan fingerprint density at radius 2 is 1.75 bits per heavy atom. The number of carbonyl (C=O) groups excluding carboxylic acids is 2. The molecule has 0 radical (unpaired) electrons. The normalized spacial score (nSPS) is 10.8. The molecule has 1 aromatic heterocycles. The topological polar surface area (TPSA) is 65.8 Å². The van der Waals surface area contributed by atoms with Crippen molar-refractivity contribution in [2.45, 2.75) is 39.9 Å². The van der Waals surface area contributed by atoms with Crippen molar-refractivity contribution in [3.8, 4) is 0 Å². The summed E-state index contributed by atoms with van der Waals surface area (Å²) in [6, 6.07) is 18.3. The number of nitrogens with one attached hydrogen (secondary N) is 1. The molecule has 0 bridgehead atoms. The van der Waals surface area contributed by atoms with Crippen LogP contribution >= 0.6 is 0 Å². The molecule has 6 nitrogen and oxygen atoms in total. The lowest BCUT2D eigenvalue weighted by Gasteiger charge is -2.30. The van der Waals surface area contributed by atoms with Crippen molar-refractivity contribution >= 4 is 17.6 Å². The van der Waals surface area contributed by atoms with Crippen molar-refractivity contribution in [1.82, 2.24) is 9.80 Å². The van der Waals surface area contributed by atoms with Crippen LogP contribution in [-0.2, 0) is 17.9 Å². The number of nitrogens with zero attached hydrogens (tertiary/aromatic N) is 2. The first-order valence-electron chi connectivity index (χ1n) is 10.5. The number of hydrogen-bond acceptors (Lipinski definition) is 3. The Morgan fingerprint density at radius 3 is 2.38 bits per heavy atom. The molecular weight excluding hydrogens is 409 g/mol. The minimum atomic E-state index is -0.465. The number of carbonyl (C=O) groups is 2. The highest BCUT2D eigenvalue weighted by Gasteiger charge is 2.24. The van der Waals surface area contributed by atoms with Gasteiger partial charge in [0, 0.05) is 18.3 Å². The molecule has 0 spiro atoms. The van der Waals surface area contributed by atoms with Gasteiger partial charge >= 0.3 is 6.03 Å². The Bertz CT molecular complexity index is 1050. The van der Waals surface area contributed by atoms with Crippen LogP contribution in [0.5, 0.6) is 0 Å². The second-order valence-electron chi connectivity index (χ2n) is 7.91.